The number of fused-ring (bicyclic) bond motifs is 2. The molecule has 0 radical (unpaired) electrons. The number of aryl methyl sites for hydroxylation is 2. The number of hydrogen-bond donors (Lipinski definition) is 1. The maximum absolute atomic E-state index is 12.7. The van der Waals surface area contributed by atoms with Gasteiger partial charge in [-0.3, -0.25) is 14.4 Å². The van der Waals surface area contributed by atoms with Crippen LogP contribution in [0.5, 0.6) is 0 Å². The van der Waals surface area contributed by atoms with Crippen LogP contribution in [-0.4, -0.2) is 167 Å². The molecule has 284 valence electrons. The highest BCUT2D eigenvalue weighted by Crippen LogP contribution is 2.27. The number of carbonyl (C=O) groups is 3. The van der Waals surface area contributed by atoms with Gasteiger partial charge in [0.25, 0.3) is 11.8 Å². The zero-order valence-electron chi connectivity index (χ0n) is 29.5. The van der Waals surface area contributed by atoms with Crippen molar-refractivity contribution in [2.45, 2.75) is 39.2 Å². The molecular weight excluding hydrogens is 977 g/mol. The quantitative estimate of drug-likeness (QED) is 0.393. The lowest BCUT2D eigenvalue weighted by atomic mass is 10.1. The number of rotatable bonds is 8. The van der Waals surface area contributed by atoms with E-state index in [-0.39, 0.29) is 49.0 Å². The third-order valence-corrected chi connectivity index (χ3v) is 10.1. The van der Waals surface area contributed by atoms with Crippen molar-refractivity contribution in [3.8, 4) is 0 Å². The monoisotopic (exact) mass is 1040 g/mol. The van der Waals surface area contributed by atoms with E-state index in [1.165, 1.54) is 0 Å². The summed E-state index contributed by atoms with van der Waals surface area (Å²) in [6, 6.07) is 3.61. The van der Waals surface area contributed by atoms with Crippen LogP contribution in [-0.2, 0) is 14.1 Å². The fourth-order valence-corrected chi connectivity index (χ4v) is 7.04. The summed E-state index contributed by atoms with van der Waals surface area (Å²) in [4.78, 5) is 51.0. The molecule has 2 saturated heterocycles. The lowest BCUT2D eigenvalue weighted by Crippen LogP contribution is -2.45. The van der Waals surface area contributed by atoms with Gasteiger partial charge in [-0.05, 0) is 58.6 Å². The lowest BCUT2D eigenvalue weighted by molar-refractivity contribution is 0.0727. The molecule has 1 N–H and O–H groups in total. The molecule has 0 bridgehead atoms. The Balaban J connectivity index is 0.000000318. The van der Waals surface area contributed by atoms with E-state index in [0.29, 0.717) is 42.8 Å². The van der Waals surface area contributed by atoms with Crippen LogP contribution in [0.2, 0.25) is 0 Å². The number of piperazine rings is 2. The first-order valence-electron chi connectivity index (χ1n) is 17.2. The van der Waals surface area contributed by atoms with E-state index >= 15 is 0 Å². The Morgan fingerprint density at radius 2 is 1.12 bits per heavy atom. The third kappa shape index (κ3) is 12.1. The first-order valence-corrected chi connectivity index (χ1v) is 23.5. The molecule has 12 nitrogen and oxygen atoms in total. The minimum atomic E-state index is -0.545. The molecular formula is C35H59I3N8O4. The molecule has 2 fully saturated rings. The molecule has 50 heavy (non-hydrogen) atoms. The summed E-state index contributed by atoms with van der Waals surface area (Å²) in [5, 5.41) is 10.3. The van der Waals surface area contributed by atoms with Gasteiger partial charge in [-0.2, -0.15) is 0 Å². The minimum Gasteiger partial charge on any atom is -0.387 e. The van der Waals surface area contributed by atoms with Gasteiger partial charge in [0.15, 0.2) is 5.78 Å². The lowest BCUT2D eigenvalue weighted by Gasteiger charge is -2.32. The standard InChI is InChI=1S/C17H28N4O2.C17H26N4O2.CH4.I2.HI/c2*1-18-10-12-20(13-11-18)6-3-7-21-9-5-15(22)16-14(17(21)23)4-8-19(16)2;;1-2;/h4,8,15,22H,3,5-7,9-13H2,1-2H3;4,8H,3,5-7,9-13H2,1-2H3;1H4;;1H/t15-;;;;/m0..../s1. The highest BCUT2D eigenvalue weighted by atomic mass is 128. The number of halogens is 3. The summed E-state index contributed by atoms with van der Waals surface area (Å²) in [7, 11) is 8.03. The van der Waals surface area contributed by atoms with Gasteiger partial charge in [0, 0.05) is 149 Å². The number of hydrogen-bond acceptors (Lipinski definition) is 8. The van der Waals surface area contributed by atoms with Crippen LogP contribution in [0.3, 0.4) is 0 Å². The normalized spacial score (nSPS) is 20.6. The largest absolute Gasteiger partial charge is 0.387 e. The van der Waals surface area contributed by atoms with Crippen LogP contribution >= 0.6 is 61.2 Å². The van der Waals surface area contributed by atoms with Crippen molar-refractivity contribution in [3.05, 3.63) is 47.0 Å². The Hall–Kier alpha value is -0.840. The highest BCUT2D eigenvalue weighted by molar-refractivity contribution is 15.0. The second kappa shape index (κ2) is 22.4. The molecule has 6 heterocycles. The molecule has 6 rings (SSSR count). The SMILES string of the molecule is C.CN1CCN(CCCN2CCC(=O)c3c(ccn3C)C2=O)CC1.CN1CCN(CCCN2CC[C@H](O)c3c(ccn3C)C2=O)CC1.I.II. The first-order chi connectivity index (χ1) is 23.1. The van der Waals surface area contributed by atoms with Gasteiger partial charge in [-0.15, -0.1) is 24.0 Å². The Kier molecular flexibility index (Phi) is 20.3. The number of ketones is 1. The molecule has 2 aromatic heterocycles. The van der Waals surface area contributed by atoms with E-state index in [1.807, 2.05) is 40.7 Å². The number of aromatic nitrogens is 2. The van der Waals surface area contributed by atoms with Crippen LogP contribution in [0.15, 0.2) is 24.5 Å². The fraction of sp³-hybridized carbons (Fsp3) is 0.686. The molecule has 2 amide bonds. The molecule has 0 aliphatic carbocycles. The smallest absolute Gasteiger partial charge is 0.256 e. The van der Waals surface area contributed by atoms with Crippen LogP contribution in [0.25, 0.3) is 0 Å². The zero-order valence-corrected chi connectivity index (χ0v) is 36.2. The molecule has 1 atom stereocenters. The van der Waals surface area contributed by atoms with Gasteiger partial charge >= 0.3 is 0 Å². The van der Waals surface area contributed by atoms with Crippen molar-refractivity contribution in [2.75, 3.05) is 106 Å². The third-order valence-electron chi connectivity index (χ3n) is 10.1. The summed E-state index contributed by atoms with van der Waals surface area (Å²) in [5.41, 5.74) is 2.56. The van der Waals surface area contributed by atoms with E-state index < -0.39 is 6.10 Å². The van der Waals surface area contributed by atoms with Crippen molar-refractivity contribution in [2.24, 2.45) is 14.1 Å². The number of carbonyl (C=O) groups excluding carboxylic acids is 3. The van der Waals surface area contributed by atoms with E-state index in [9.17, 15) is 19.5 Å². The molecule has 0 aromatic carbocycles. The maximum Gasteiger partial charge on any atom is 0.256 e. The Morgan fingerprint density at radius 3 is 1.66 bits per heavy atom. The van der Waals surface area contributed by atoms with Crippen molar-refractivity contribution in [1.82, 2.24) is 38.5 Å². The minimum absolute atomic E-state index is 0. The molecule has 4 aliphatic rings. The molecule has 4 aliphatic heterocycles. The summed E-state index contributed by atoms with van der Waals surface area (Å²) in [6.07, 6.45) is 6.11. The maximum atomic E-state index is 12.7. The number of nitrogens with zero attached hydrogens (tertiary/aromatic N) is 8. The van der Waals surface area contributed by atoms with E-state index in [2.05, 4.69) is 70.9 Å². The first kappa shape index (κ1) is 45.3. The molecule has 2 aromatic rings. The van der Waals surface area contributed by atoms with E-state index in [4.69, 9.17) is 0 Å². The fourth-order valence-electron chi connectivity index (χ4n) is 7.04. The Bertz CT molecular complexity index is 1360. The van der Waals surface area contributed by atoms with Crippen molar-refractivity contribution < 1.29 is 19.5 Å². The second-order valence-corrected chi connectivity index (χ2v) is 13.5. The van der Waals surface area contributed by atoms with Crippen molar-refractivity contribution in [3.63, 3.8) is 0 Å². The van der Waals surface area contributed by atoms with Crippen LogP contribution < -0.4 is 0 Å². The predicted molar refractivity (Wildman–Crippen MR) is 228 cm³/mol. The van der Waals surface area contributed by atoms with Crippen molar-refractivity contribution in [1.29, 1.82) is 0 Å². The molecule has 0 spiro atoms. The molecule has 15 heteroatoms. The second-order valence-electron chi connectivity index (χ2n) is 13.5. The average Bonchev–Trinajstić information content (AvgIpc) is 3.61. The summed E-state index contributed by atoms with van der Waals surface area (Å²) in [6.45, 7) is 13.7. The molecule has 0 saturated carbocycles. The Morgan fingerprint density at radius 1 is 0.660 bits per heavy atom. The van der Waals surface area contributed by atoms with Gasteiger partial charge in [0.1, 0.15) is 0 Å². The number of Topliss-reactive ketones (excluding diaryl/α,β-unsaturated/α-hetero) is 1. The van der Waals surface area contributed by atoms with Crippen LogP contribution in [0.4, 0.5) is 0 Å². The van der Waals surface area contributed by atoms with Gasteiger partial charge in [0.05, 0.1) is 28.6 Å². The number of aliphatic hydroxyl groups excluding tert-OH is 1. The number of aliphatic hydroxyl groups is 1. The number of amides is 2. The summed E-state index contributed by atoms with van der Waals surface area (Å²) < 4.78 is 3.63. The average molecular weight is 1040 g/mol. The topological polar surface area (TPSA) is 101 Å². The summed E-state index contributed by atoms with van der Waals surface area (Å²) >= 11 is 4.24. The van der Waals surface area contributed by atoms with Gasteiger partial charge < -0.3 is 43.6 Å². The van der Waals surface area contributed by atoms with E-state index in [1.54, 1.807) is 16.8 Å². The van der Waals surface area contributed by atoms with Gasteiger partial charge in [-0.25, -0.2) is 0 Å². The van der Waals surface area contributed by atoms with Gasteiger partial charge in [-0.1, -0.05) is 7.43 Å². The Labute approximate surface area is 340 Å². The van der Waals surface area contributed by atoms with E-state index in [0.717, 1.165) is 97.1 Å². The van der Waals surface area contributed by atoms with Crippen molar-refractivity contribution >= 4 is 78.8 Å². The summed E-state index contributed by atoms with van der Waals surface area (Å²) in [5.74, 6) is 0.141. The molecule has 0 unspecified atom stereocenters. The number of likely N-dealkylation sites (N-methyl/N-ethyl adjacent to an activating group) is 2. The zero-order chi connectivity index (χ0) is 34.8. The van der Waals surface area contributed by atoms with Crippen LogP contribution in [0, 0.1) is 0 Å². The van der Waals surface area contributed by atoms with Gasteiger partial charge in [0.2, 0.25) is 0 Å². The predicted octanol–water partition coefficient (Wildman–Crippen LogP) is 4.26. The van der Waals surface area contributed by atoms with Crippen LogP contribution in [0.1, 0.15) is 76.1 Å². The highest BCUT2D eigenvalue weighted by Gasteiger charge is 2.30.